The lowest BCUT2D eigenvalue weighted by Gasteiger charge is -2.47. The number of rotatable bonds is 7. The van der Waals surface area contributed by atoms with Crippen molar-refractivity contribution in [3.8, 4) is 0 Å². The number of hydrogen-bond acceptors (Lipinski definition) is 4. The van der Waals surface area contributed by atoms with Crippen molar-refractivity contribution in [2.45, 2.75) is 31.9 Å². The van der Waals surface area contributed by atoms with Gasteiger partial charge < -0.3 is 20.1 Å². The van der Waals surface area contributed by atoms with Gasteiger partial charge in [-0.1, -0.05) is 0 Å². The number of urea groups is 1. The maximum atomic E-state index is 11.9. The molecule has 0 saturated carbocycles. The number of carbonyl (C=O) groups is 2. The Morgan fingerprint density at radius 2 is 2.10 bits per heavy atom. The van der Waals surface area contributed by atoms with Crippen molar-refractivity contribution in [1.82, 2.24) is 10.2 Å². The summed E-state index contributed by atoms with van der Waals surface area (Å²) in [5.74, 6) is -0.462. The summed E-state index contributed by atoms with van der Waals surface area (Å²) in [5, 5.41) is 11.4. The Balaban J connectivity index is 2.27. The second-order valence-corrected chi connectivity index (χ2v) is 6.96. The predicted octanol–water partition coefficient (Wildman–Crippen LogP) is 0.0286. The van der Waals surface area contributed by atoms with Gasteiger partial charge in [-0.3, -0.25) is 4.21 Å². The molecule has 116 valence electrons. The van der Waals surface area contributed by atoms with Crippen LogP contribution in [-0.2, 0) is 20.3 Å². The van der Waals surface area contributed by atoms with Crippen molar-refractivity contribution in [1.29, 1.82) is 0 Å². The molecule has 20 heavy (non-hydrogen) atoms. The Bertz CT molecular complexity index is 395. The smallest absolute Gasteiger partial charge is 0.329 e. The highest BCUT2D eigenvalue weighted by Gasteiger charge is 2.42. The van der Waals surface area contributed by atoms with E-state index in [1.54, 1.807) is 18.1 Å². The standard InChI is InChI=1S/C12H22N2O5S/c1-9(4-5-20(3)18)13-11(17)14-7-12(2,8-14)19-6-10(15)16/h9H,4-8H2,1-3H3,(H,13,17)(H,15,16). The van der Waals surface area contributed by atoms with Gasteiger partial charge in [0, 0.05) is 28.9 Å². The van der Waals surface area contributed by atoms with E-state index in [0.717, 1.165) is 0 Å². The quantitative estimate of drug-likeness (QED) is 0.692. The Hall–Kier alpha value is -1.15. The van der Waals surface area contributed by atoms with Crippen LogP contribution in [0.25, 0.3) is 0 Å². The fraction of sp³-hybridized carbons (Fsp3) is 0.833. The van der Waals surface area contributed by atoms with Gasteiger partial charge in [0.15, 0.2) is 0 Å². The van der Waals surface area contributed by atoms with E-state index in [-0.39, 0.29) is 18.7 Å². The lowest BCUT2D eigenvalue weighted by atomic mass is 9.97. The summed E-state index contributed by atoms with van der Waals surface area (Å²) in [6, 6.07) is -0.242. The van der Waals surface area contributed by atoms with Crippen LogP contribution in [0.1, 0.15) is 20.3 Å². The fourth-order valence-corrected chi connectivity index (χ4v) is 2.63. The number of hydrogen-bond donors (Lipinski definition) is 2. The number of aliphatic carboxylic acids is 1. The number of carboxylic acids is 1. The first-order valence-electron chi connectivity index (χ1n) is 6.43. The summed E-state index contributed by atoms with van der Waals surface area (Å²) in [6.45, 7) is 4.04. The lowest BCUT2D eigenvalue weighted by molar-refractivity contribution is -0.159. The number of nitrogens with zero attached hydrogens (tertiary/aromatic N) is 1. The van der Waals surface area contributed by atoms with Gasteiger partial charge in [0.05, 0.1) is 13.1 Å². The van der Waals surface area contributed by atoms with E-state index in [1.807, 2.05) is 6.92 Å². The number of carboxylic acid groups (broad SMARTS) is 1. The highest BCUT2D eigenvalue weighted by atomic mass is 32.2. The van der Waals surface area contributed by atoms with Gasteiger partial charge in [-0.2, -0.15) is 0 Å². The molecule has 0 aromatic rings. The zero-order valence-electron chi connectivity index (χ0n) is 12.0. The molecular weight excluding hydrogens is 284 g/mol. The molecule has 1 aliphatic rings. The van der Waals surface area contributed by atoms with Gasteiger partial charge >= 0.3 is 12.0 Å². The van der Waals surface area contributed by atoms with Gasteiger partial charge in [0.1, 0.15) is 12.2 Å². The number of nitrogens with one attached hydrogen (secondary N) is 1. The van der Waals surface area contributed by atoms with E-state index in [0.29, 0.717) is 25.3 Å². The Labute approximate surface area is 121 Å². The molecule has 0 bridgehead atoms. The summed E-state index contributed by atoms with van der Waals surface area (Å²) in [5.41, 5.74) is -0.579. The van der Waals surface area contributed by atoms with Crippen molar-refractivity contribution in [2.75, 3.05) is 31.7 Å². The van der Waals surface area contributed by atoms with Gasteiger partial charge in [-0.25, -0.2) is 9.59 Å². The molecule has 0 aromatic carbocycles. The monoisotopic (exact) mass is 306 g/mol. The first-order valence-corrected chi connectivity index (χ1v) is 8.16. The van der Waals surface area contributed by atoms with Crippen LogP contribution in [0.4, 0.5) is 4.79 Å². The molecule has 2 amide bonds. The van der Waals surface area contributed by atoms with E-state index in [2.05, 4.69) is 5.32 Å². The summed E-state index contributed by atoms with van der Waals surface area (Å²) in [4.78, 5) is 23.9. The number of ether oxygens (including phenoxy) is 1. The molecule has 2 atom stereocenters. The van der Waals surface area contributed by atoms with Crippen LogP contribution in [0.2, 0.25) is 0 Å². The average Bonchev–Trinajstić information content (AvgIpc) is 2.30. The van der Waals surface area contributed by atoms with Gasteiger partial charge in [0.25, 0.3) is 0 Å². The molecule has 1 heterocycles. The molecule has 2 N–H and O–H groups in total. The van der Waals surface area contributed by atoms with Crippen LogP contribution >= 0.6 is 0 Å². The van der Waals surface area contributed by atoms with Crippen molar-refractivity contribution in [3.63, 3.8) is 0 Å². The zero-order valence-corrected chi connectivity index (χ0v) is 12.9. The largest absolute Gasteiger partial charge is 0.480 e. The third-order valence-corrected chi connectivity index (χ3v) is 3.90. The van der Waals surface area contributed by atoms with Crippen LogP contribution in [0.3, 0.4) is 0 Å². The second kappa shape index (κ2) is 7.03. The topological polar surface area (TPSA) is 95.9 Å². The minimum absolute atomic E-state index is 0.0433. The molecular formula is C12H22N2O5S. The van der Waals surface area contributed by atoms with Crippen LogP contribution in [0.5, 0.6) is 0 Å². The number of likely N-dealkylation sites (tertiary alicyclic amines) is 1. The fourth-order valence-electron chi connectivity index (χ4n) is 1.95. The highest BCUT2D eigenvalue weighted by molar-refractivity contribution is 7.84. The van der Waals surface area contributed by atoms with Crippen LogP contribution in [-0.4, -0.2) is 69.6 Å². The SMILES string of the molecule is CC(CCS(C)=O)NC(=O)N1CC(C)(OCC(=O)O)C1. The van der Waals surface area contributed by atoms with E-state index in [9.17, 15) is 13.8 Å². The molecule has 0 spiro atoms. The Morgan fingerprint density at radius 1 is 1.50 bits per heavy atom. The number of amides is 2. The third-order valence-electron chi connectivity index (χ3n) is 3.09. The van der Waals surface area contributed by atoms with Crippen molar-refractivity contribution in [3.05, 3.63) is 0 Å². The van der Waals surface area contributed by atoms with E-state index in [4.69, 9.17) is 9.84 Å². The van der Waals surface area contributed by atoms with Crippen LogP contribution < -0.4 is 5.32 Å². The molecule has 1 fully saturated rings. The summed E-state index contributed by atoms with van der Waals surface area (Å²) < 4.78 is 16.2. The number of carbonyl (C=O) groups excluding carboxylic acids is 1. The van der Waals surface area contributed by atoms with Crippen molar-refractivity contribution >= 4 is 22.8 Å². The lowest BCUT2D eigenvalue weighted by Crippen LogP contribution is -2.65. The minimum atomic E-state index is -1.02. The average molecular weight is 306 g/mol. The normalized spacial score (nSPS) is 19.9. The predicted molar refractivity (Wildman–Crippen MR) is 75.1 cm³/mol. The molecule has 1 rings (SSSR count). The first kappa shape index (κ1) is 16.9. The van der Waals surface area contributed by atoms with Crippen LogP contribution in [0, 0.1) is 0 Å². The molecule has 0 aromatic heterocycles. The van der Waals surface area contributed by atoms with Gasteiger partial charge in [-0.05, 0) is 20.3 Å². The van der Waals surface area contributed by atoms with E-state index in [1.165, 1.54) is 0 Å². The molecule has 2 unspecified atom stereocenters. The minimum Gasteiger partial charge on any atom is -0.480 e. The molecule has 7 nitrogen and oxygen atoms in total. The maximum absolute atomic E-state index is 11.9. The maximum Gasteiger partial charge on any atom is 0.329 e. The van der Waals surface area contributed by atoms with E-state index >= 15 is 0 Å². The van der Waals surface area contributed by atoms with Crippen LogP contribution in [0.15, 0.2) is 0 Å². The highest BCUT2D eigenvalue weighted by Crippen LogP contribution is 2.24. The molecule has 0 radical (unpaired) electrons. The summed E-state index contributed by atoms with van der Waals surface area (Å²) in [7, 11) is -0.860. The summed E-state index contributed by atoms with van der Waals surface area (Å²) >= 11 is 0. The Morgan fingerprint density at radius 3 is 2.60 bits per heavy atom. The van der Waals surface area contributed by atoms with Crippen molar-refractivity contribution < 1.29 is 23.6 Å². The van der Waals surface area contributed by atoms with Gasteiger partial charge in [0.2, 0.25) is 0 Å². The molecule has 1 aliphatic heterocycles. The van der Waals surface area contributed by atoms with E-state index < -0.39 is 22.4 Å². The van der Waals surface area contributed by atoms with Gasteiger partial charge in [-0.15, -0.1) is 0 Å². The Kier molecular flexibility index (Phi) is 5.94. The molecule has 0 aliphatic carbocycles. The third kappa shape index (κ3) is 5.46. The molecule has 8 heteroatoms. The summed E-state index contributed by atoms with van der Waals surface area (Å²) in [6.07, 6.45) is 2.30. The first-order chi connectivity index (χ1) is 9.22. The molecule has 1 saturated heterocycles. The second-order valence-electron chi connectivity index (χ2n) is 5.40. The zero-order chi connectivity index (χ0) is 15.3. The van der Waals surface area contributed by atoms with Crippen molar-refractivity contribution in [2.24, 2.45) is 0 Å².